The summed E-state index contributed by atoms with van der Waals surface area (Å²) in [4.78, 5) is 26.5. The van der Waals surface area contributed by atoms with Crippen molar-refractivity contribution in [1.29, 1.82) is 0 Å². The van der Waals surface area contributed by atoms with Crippen LogP contribution in [0.3, 0.4) is 0 Å². The molecule has 1 aliphatic heterocycles. The monoisotopic (exact) mass is 504 g/mol. The maximum Gasteiger partial charge on any atom is 0.276 e. The van der Waals surface area contributed by atoms with Gasteiger partial charge in [-0.2, -0.15) is 0 Å². The Morgan fingerprint density at radius 1 is 1.06 bits per heavy atom. The number of likely N-dealkylation sites (N-methyl/N-ethyl adjacent to an activating group) is 1. The molecular weight excluding hydrogens is 476 g/mol. The summed E-state index contributed by atoms with van der Waals surface area (Å²) in [6.07, 6.45) is 6.33. The van der Waals surface area contributed by atoms with Gasteiger partial charge < -0.3 is 19.5 Å². The van der Waals surface area contributed by atoms with E-state index in [2.05, 4.69) is 15.2 Å². The van der Waals surface area contributed by atoms with E-state index in [1.165, 1.54) is 6.20 Å². The number of aromatic nitrogens is 3. The fourth-order valence-corrected chi connectivity index (χ4v) is 4.88. The standard InChI is InChI=1S/C26H28N6O3S/c1-18-5-4-10-32-17-22(29-25(18)32)19-6-8-20(9-7-19)28-26(33)24-23(31-13-11-30(2)12-14-31)15-21(16-27-24)36(3,34)35/h4-10,15-17H,11-14H2,1-3H3,(H,28,33). The molecule has 4 heterocycles. The fraction of sp³-hybridized carbons (Fsp3) is 0.269. The largest absolute Gasteiger partial charge is 0.367 e. The molecule has 0 spiro atoms. The maximum atomic E-state index is 13.2. The minimum atomic E-state index is -3.46. The predicted molar refractivity (Wildman–Crippen MR) is 140 cm³/mol. The SMILES string of the molecule is Cc1cccn2cc(-c3ccc(NC(=O)c4ncc(S(C)(=O)=O)cc4N4CCN(C)CC4)cc3)nc12. The van der Waals surface area contributed by atoms with Crippen molar-refractivity contribution in [2.24, 2.45) is 0 Å². The number of pyridine rings is 2. The normalized spacial score (nSPS) is 14.8. The summed E-state index contributed by atoms with van der Waals surface area (Å²) in [5, 5.41) is 2.91. The Labute approximate surface area is 210 Å². The Hall–Kier alpha value is -3.76. The molecule has 1 fully saturated rings. The van der Waals surface area contributed by atoms with Gasteiger partial charge in [0, 0.05) is 62.3 Å². The van der Waals surface area contributed by atoms with Gasteiger partial charge in [-0.15, -0.1) is 0 Å². The summed E-state index contributed by atoms with van der Waals surface area (Å²) in [5.41, 5.74) is 5.12. The minimum Gasteiger partial charge on any atom is -0.367 e. The molecule has 0 radical (unpaired) electrons. The first kappa shape index (κ1) is 24.0. The molecule has 1 aliphatic rings. The molecule has 0 aliphatic carbocycles. The summed E-state index contributed by atoms with van der Waals surface area (Å²) in [7, 11) is -1.42. The van der Waals surface area contributed by atoms with E-state index in [1.807, 2.05) is 72.1 Å². The number of carbonyl (C=O) groups is 1. The number of imidazole rings is 1. The van der Waals surface area contributed by atoms with Gasteiger partial charge in [-0.1, -0.05) is 18.2 Å². The van der Waals surface area contributed by atoms with E-state index in [-0.39, 0.29) is 16.5 Å². The van der Waals surface area contributed by atoms with Gasteiger partial charge in [0.15, 0.2) is 15.5 Å². The second-order valence-corrected chi connectivity index (χ2v) is 11.2. The first-order chi connectivity index (χ1) is 17.2. The van der Waals surface area contributed by atoms with Gasteiger partial charge in [-0.25, -0.2) is 18.4 Å². The highest BCUT2D eigenvalue weighted by Crippen LogP contribution is 2.26. The van der Waals surface area contributed by atoms with Crippen LogP contribution in [-0.2, 0) is 9.84 Å². The first-order valence-corrected chi connectivity index (χ1v) is 13.6. The van der Waals surface area contributed by atoms with Crippen LogP contribution in [0.1, 0.15) is 16.1 Å². The van der Waals surface area contributed by atoms with E-state index in [4.69, 9.17) is 4.98 Å². The van der Waals surface area contributed by atoms with E-state index in [9.17, 15) is 13.2 Å². The topological polar surface area (TPSA) is 99.9 Å². The zero-order valence-corrected chi connectivity index (χ0v) is 21.3. The van der Waals surface area contributed by atoms with Crippen LogP contribution in [0.15, 0.2) is 66.0 Å². The van der Waals surface area contributed by atoms with Crippen LogP contribution in [0, 0.1) is 6.92 Å². The van der Waals surface area contributed by atoms with Crippen LogP contribution in [0.4, 0.5) is 11.4 Å². The molecule has 3 aromatic heterocycles. The lowest BCUT2D eigenvalue weighted by atomic mass is 10.1. The number of amides is 1. The van der Waals surface area contributed by atoms with Gasteiger partial charge >= 0.3 is 0 Å². The molecule has 186 valence electrons. The molecule has 10 heteroatoms. The highest BCUT2D eigenvalue weighted by atomic mass is 32.2. The number of carbonyl (C=O) groups excluding carboxylic acids is 1. The summed E-state index contributed by atoms with van der Waals surface area (Å²) in [6, 6.07) is 13.0. The number of piperazine rings is 1. The second kappa shape index (κ2) is 9.36. The molecule has 1 amide bonds. The highest BCUT2D eigenvalue weighted by molar-refractivity contribution is 7.90. The highest BCUT2D eigenvalue weighted by Gasteiger charge is 2.24. The molecule has 4 aromatic rings. The number of hydrogen-bond acceptors (Lipinski definition) is 7. The van der Waals surface area contributed by atoms with Crippen LogP contribution in [0.25, 0.3) is 16.9 Å². The zero-order chi connectivity index (χ0) is 25.4. The number of benzene rings is 1. The molecule has 1 saturated heterocycles. The average Bonchev–Trinajstić information content (AvgIpc) is 3.30. The third-order valence-electron chi connectivity index (χ3n) is 6.45. The summed E-state index contributed by atoms with van der Waals surface area (Å²) in [6.45, 7) is 5.01. The van der Waals surface area contributed by atoms with E-state index >= 15 is 0 Å². The molecule has 0 saturated carbocycles. The van der Waals surface area contributed by atoms with E-state index in [1.54, 1.807) is 6.07 Å². The lowest BCUT2D eigenvalue weighted by Crippen LogP contribution is -2.45. The molecule has 9 nitrogen and oxygen atoms in total. The fourth-order valence-electron chi connectivity index (χ4n) is 4.31. The molecule has 1 aromatic carbocycles. The number of fused-ring (bicyclic) bond motifs is 1. The number of nitrogens with one attached hydrogen (secondary N) is 1. The summed E-state index contributed by atoms with van der Waals surface area (Å²) >= 11 is 0. The Bertz CT molecular complexity index is 1540. The van der Waals surface area contributed by atoms with Gasteiger partial charge in [0.1, 0.15) is 5.65 Å². The van der Waals surface area contributed by atoms with Gasteiger partial charge in [-0.05, 0) is 43.8 Å². The Morgan fingerprint density at radius 3 is 2.44 bits per heavy atom. The number of sulfone groups is 1. The molecule has 0 atom stereocenters. The molecule has 1 N–H and O–H groups in total. The van der Waals surface area contributed by atoms with Crippen molar-refractivity contribution in [2.75, 3.05) is 49.7 Å². The molecule has 5 rings (SSSR count). The average molecular weight is 505 g/mol. The minimum absolute atomic E-state index is 0.0972. The number of anilines is 2. The number of hydrogen-bond donors (Lipinski definition) is 1. The first-order valence-electron chi connectivity index (χ1n) is 11.7. The van der Waals surface area contributed by atoms with E-state index in [0.717, 1.165) is 41.8 Å². The van der Waals surface area contributed by atoms with Crippen LogP contribution in [0.5, 0.6) is 0 Å². The van der Waals surface area contributed by atoms with Gasteiger partial charge in [0.2, 0.25) is 0 Å². The van der Waals surface area contributed by atoms with Crippen molar-refractivity contribution < 1.29 is 13.2 Å². The number of rotatable bonds is 5. The quantitative estimate of drug-likeness (QED) is 0.446. The lowest BCUT2D eigenvalue weighted by molar-refractivity contribution is 0.102. The second-order valence-electron chi connectivity index (χ2n) is 9.18. The van der Waals surface area contributed by atoms with Crippen molar-refractivity contribution in [3.8, 4) is 11.3 Å². The Balaban J connectivity index is 1.40. The predicted octanol–water partition coefficient (Wildman–Crippen LogP) is 3.11. The van der Waals surface area contributed by atoms with Crippen LogP contribution >= 0.6 is 0 Å². The number of aryl methyl sites for hydroxylation is 1. The van der Waals surface area contributed by atoms with Gasteiger partial charge in [-0.3, -0.25) is 4.79 Å². The van der Waals surface area contributed by atoms with Gasteiger partial charge in [0.05, 0.1) is 16.3 Å². The smallest absolute Gasteiger partial charge is 0.276 e. The van der Waals surface area contributed by atoms with Crippen molar-refractivity contribution >= 4 is 32.8 Å². The van der Waals surface area contributed by atoms with Crippen LogP contribution in [0.2, 0.25) is 0 Å². The molecule has 0 unspecified atom stereocenters. The Kier molecular flexibility index (Phi) is 6.23. The third kappa shape index (κ3) is 4.82. The maximum absolute atomic E-state index is 13.2. The molecule has 0 bridgehead atoms. The van der Waals surface area contributed by atoms with E-state index in [0.29, 0.717) is 24.5 Å². The Morgan fingerprint density at radius 2 is 1.78 bits per heavy atom. The summed E-state index contributed by atoms with van der Waals surface area (Å²) < 4.78 is 26.3. The lowest BCUT2D eigenvalue weighted by Gasteiger charge is -2.34. The van der Waals surface area contributed by atoms with Gasteiger partial charge in [0.25, 0.3) is 5.91 Å². The summed E-state index contributed by atoms with van der Waals surface area (Å²) in [5.74, 6) is -0.389. The third-order valence-corrected chi connectivity index (χ3v) is 7.53. The van der Waals surface area contributed by atoms with Crippen molar-refractivity contribution in [3.05, 3.63) is 72.3 Å². The molecular formula is C26H28N6O3S. The van der Waals surface area contributed by atoms with Crippen LogP contribution in [-0.4, -0.2) is 73.1 Å². The van der Waals surface area contributed by atoms with E-state index < -0.39 is 9.84 Å². The zero-order valence-electron chi connectivity index (χ0n) is 20.5. The van der Waals surface area contributed by atoms with Crippen LogP contribution < -0.4 is 10.2 Å². The molecule has 36 heavy (non-hydrogen) atoms. The number of nitrogens with zero attached hydrogens (tertiary/aromatic N) is 5. The van der Waals surface area contributed by atoms with Crippen molar-refractivity contribution in [1.82, 2.24) is 19.3 Å². The van der Waals surface area contributed by atoms with Crippen molar-refractivity contribution in [3.63, 3.8) is 0 Å². The van der Waals surface area contributed by atoms with Crippen molar-refractivity contribution in [2.45, 2.75) is 11.8 Å².